The molecule has 0 aliphatic heterocycles. The number of rotatable bonds is 5. The third kappa shape index (κ3) is 4.21. The van der Waals surface area contributed by atoms with E-state index in [4.69, 9.17) is 10.00 Å². The van der Waals surface area contributed by atoms with E-state index in [0.29, 0.717) is 0 Å². The van der Waals surface area contributed by atoms with Gasteiger partial charge in [0.25, 0.3) is 5.69 Å². The molecule has 20 heavy (non-hydrogen) atoms. The minimum Gasteiger partial charge on any atom is -0.461 e. The van der Waals surface area contributed by atoms with Crippen molar-refractivity contribution in [2.45, 2.75) is 13.8 Å². The van der Waals surface area contributed by atoms with Crippen LogP contribution in [0.4, 0.5) is 5.69 Å². The minimum absolute atomic E-state index is 0.143. The maximum Gasteiger partial charge on any atom is 0.348 e. The number of nitro benzene ring substituents is 1. The minimum atomic E-state index is -0.778. The first-order valence-corrected chi connectivity index (χ1v) is 5.98. The van der Waals surface area contributed by atoms with Gasteiger partial charge in [0, 0.05) is 6.07 Å². The van der Waals surface area contributed by atoms with Gasteiger partial charge in [0.2, 0.25) is 0 Å². The highest BCUT2D eigenvalue weighted by atomic mass is 16.6. The van der Waals surface area contributed by atoms with Crippen LogP contribution in [0.3, 0.4) is 0 Å². The van der Waals surface area contributed by atoms with Crippen molar-refractivity contribution in [2.24, 2.45) is 5.92 Å². The Morgan fingerprint density at radius 2 is 2.15 bits per heavy atom. The van der Waals surface area contributed by atoms with Gasteiger partial charge in [-0.15, -0.1) is 0 Å². The van der Waals surface area contributed by atoms with Gasteiger partial charge >= 0.3 is 5.97 Å². The molecular weight excluding hydrogens is 260 g/mol. The van der Waals surface area contributed by atoms with Crippen molar-refractivity contribution in [3.63, 3.8) is 0 Å². The van der Waals surface area contributed by atoms with Crippen LogP contribution >= 0.6 is 0 Å². The molecule has 0 unspecified atom stereocenters. The number of nitriles is 1. The molecular formula is C14H14N2O4. The lowest BCUT2D eigenvalue weighted by Crippen LogP contribution is -2.11. The third-order valence-corrected chi connectivity index (χ3v) is 2.32. The number of para-hydroxylation sites is 1. The van der Waals surface area contributed by atoms with Gasteiger partial charge in [-0.05, 0) is 18.1 Å². The zero-order chi connectivity index (χ0) is 15.1. The molecule has 0 N–H and O–H groups in total. The summed E-state index contributed by atoms with van der Waals surface area (Å²) in [6.45, 7) is 3.92. The van der Waals surface area contributed by atoms with Crippen LogP contribution in [0, 0.1) is 27.4 Å². The van der Waals surface area contributed by atoms with Crippen molar-refractivity contribution in [2.75, 3.05) is 6.61 Å². The Balaban J connectivity index is 3.04. The summed E-state index contributed by atoms with van der Waals surface area (Å²) in [5.74, 6) is -0.635. The van der Waals surface area contributed by atoms with Gasteiger partial charge < -0.3 is 4.74 Å². The molecule has 0 bridgehead atoms. The largest absolute Gasteiger partial charge is 0.461 e. The van der Waals surface area contributed by atoms with Gasteiger partial charge in [-0.1, -0.05) is 26.0 Å². The second kappa shape index (κ2) is 7.04. The molecule has 0 aromatic heterocycles. The van der Waals surface area contributed by atoms with Crippen LogP contribution in [-0.4, -0.2) is 17.5 Å². The highest BCUT2D eigenvalue weighted by molar-refractivity contribution is 5.98. The summed E-state index contributed by atoms with van der Waals surface area (Å²) < 4.78 is 4.93. The lowest BCUT2D eigenvalue weighted by molar-refractivity contribution is -0.385. The van der Waals surface area contributed by atoms with E-state index < -0.39 is 10.9 Å². The van der Waals surface area contributed by atoms with E-state index in [0.717, 1.165) is 0 Å². The highest BCUT2D eigenvalue weighted by Gasteiger charge is 2.16. The molecule has 1 rings (SSSR count). The summed E-state index contributed by atoms with van der Waals surface area (Å²) in [7, 11) is 0. The second-order valence-electron chi connectivity index (χ2n) is 4.48. The maximum atomic E-state index is 11.7. The summed E-state index contributed by atoms with van der Waals surface area (Å²) in [5.41, 5.74) is -0.243. The number of esters is 1. The molecule has 0 spiro atoms. The number of carbonyl (C=O) groups excluding carboxylic acids is 1. The zero-order valence-corrected chi connectivity index (χ0v) is 11.2. The highest BCUT2D eigenvalue weighted by Crippen LogP contribution is 2.20. The molecule has 0 saturated carbocycles. The summed E-state index contributed by atoms with van der Waals surface area (Å²) >= 11 is 0. The molecule has 0 heterocycles. The monoisotopic (exact) mass is 274 g/mol. The fourth-order valence-electron chi connectivity index (χ4n) is 1.39. The van der Waals surface area contributed by atoms with Crippen molar-refractivity contribution in [3.05, 3.63) is 45.5 Å². The van der Waals surface area contributed by atoms with Gasteiger partial charge in [-0.3, -0.25) is 10.1 Å². The maximum absolute atomic E-state index is 11.7. The molecule has 1 aromatic rings. The Labute approximate surface area is 116 Å². The van der Waals surface area contributed by atoms with Crippen LogP contribution < -0.4 is 0 Å². The van der Waals surface area contributed by atoms with E-state index in [1.165, 1.54) is 24.3 Å². The number of hydrogen-bond acceptors (Lipinski definition) is 5. The van der Waals surface area contributed by atoms with E-state index in [1.807, 2.05) is 13.8 Å². The van der Waals surface area contributed by atoms with Crippen molar-refractivity contribution >= 4 is 17.7 Å². The summed E-state index contributed by atoms with van der Waals surface area (Å²) in [4.78, 5) is 22.0. The van der Waals surface area contributed by atoms with E-state index >= 15 is 0 Å². The van der Waals surface area contributed by atoms with E-state index in [9.17, 15) is 14.9 Å². The molecule has 0 amide bonds. The van der Waals surface area contributed by atoms with Crippen molar-refractivity contribution in [1.82, 2.24) is 0 Å². The number of nitrogens with zero attached hydrogens (tertiary/aromatic N) is 2. The topological polar surface area (TPSA) is 93.2 Å². The third-order valence-electron chi connectivity index (χ3n) is 2.32. The zero-order valence-electron chi connectivity index (χ0n) is 11.2. The molecule has 104 valence electrons. The first-order valence-electron chi connectivity index (χ1n) is 5.98. The van der Waals surface area contributed by atoms with Crippen LogP contribution in [0.1, 0.15) is 19.4 Å². The molecule has 0 atom stereocenters. The Bertz CT molecular complexity index is 585. The van der Waals surface area contributed by atoms with Crippen LogP contribution in [0.2, 0.25) is 0 Å². The Hall–Kier alpha value is -2.68. The first-order chi connectivity index (χ1) is 9.45. The molecule has 0 aliphatic carbocycles. The molecule has 0 aliphatic rings. The number of benzene rings is 1. The molecule has 6 nitrogen and oxygen atoms in total. The number of hydrogen-bond donors (Lipinski definition) is 0. The van der Waals surface area contributed by atoms with Crippen LogP contribution in [-0.2, 0) is 9.53 Å². The SMILES string of the molecule is CC(C)COC(=O)/C(C#N)=C/c1ccccc1[N+](=O)[O-]. The number of carbonyl (C=O) groups is 1. The molecule has 0 radical (unpaired) electrons. The fraction of sp³-hybridized carbons (Fsp3) is 0.286. The summed E-state index contributed by atoms with van der Waals surface area (Å²) in [6.07, 6.45) is 1.17. The van der Waals surface area contributed by atoms with E-state index in [2.05, 4.69) is 0 Å². The molecule has 1 aromatic carbocycles. The van der Waals surface area contributed by atoms with Crippen molar-refractivity contribution in [1.29, 1.82) is 5.26 Å². The average Bonchev–Trinajstić information content (AvgIpc) is 2.42. The van der Waals surface area contributed by atoms with Gasteiger partial charge in [-0.2, -0.15) is 5.26 Å². The van der Waals surface area contributed by atoms with Crippen molar-refractivity contribution < 1.29 is 14.5 Å². The number of nitro groups is 1. The van der Waals surface area contributed by atoms with Crippen LogP contribution in [0.15, 0.2) is 29.8 Å². The molecule has 0 fully saturated rings. The van der Waals surface area contributed by atoms with Gasteiger partial charge in [0.1, 0.15) is 11.6 Å². The predicted octanol–water partition coefficient (Wildman–Crippen LogP) is 2.70. The summed E-state index contributed by atoms with van der Waals surface area (Å²) in [6, 6.07) is 7.58. The average molecular weight is 274 g/mol. The lowest BCUT2D eigenvalue weighted by atomic mass is 10.1. The van der Waals surface area contributed by atoms with Crippen LogP contribution in [0.5, 0.6) is 0 Å². The summed E-state index contributed by atoms with van der Waals surface area (Å²) in [5, 5.41) is 19.8. The van der Waals surface area contributed by atoms with E-state index in [-0.39, 0.29) is 29.3 Å². The fourth-order valence-corrected chi connectivity index (χ4v) is 1.39. The van der Waals surface area contributed by atoms with Gasteiger partial charge in [-0.25, -0.2) is 4.79 Å². The predicted molar refractivity (Wildman–Crippen MR) is 72.5 cm³/mol. The van der Waals surface area contributed by atoms with E-state index in [1.54, 1.807) is 12.1 Å². The molecule has 0 saturated heterocycles. The Kier molecular flexibility index (Phi) is 5.42. The quantitative estimate of drug-likeness (QED) is 0.270. The van der Waals surface area contributed by atoms with Gasteiger partial charge in [0.15, 0.2) is 0 Å². The number of ether oxygens (including phenoxy) is 1. The lowest BCUT2D eigenvalue weighted by Gasteiger charge is -2.06. The normalized spacial score (nSPS) is 11.0. The first kappa shape index (κ1) is 15.4. The smallest absolute Gasteiger partial charge is 0.348 e. The van der Waals surface area contributed by atoms with Crippen molar-refractivity contribution in [3.8, 4) is 6.07 Å². The van der Waals surface area contributed by atoms with Gasteiger partial charge in [0.05, 0.1) is 17.1 Å². The molecule has 6 heteroatoms. The van der Waals surface area contributed by atoms with Crippen LogP contribution in [0.25, 0.3) is 6.08 Å². The second-order valence-corrected chi connectivity index (χ2v) is 4.48. The Morgan fingerprint density at radius 3 is 2.70 bits per heavy atom. The Morgan fingerprint density at radius 1 is 1.50 bits per heavy atom. The standard InChI is InChI=1S/C14H14N2O4/c1-10(2)9-20-14(17)12(8-15)7-11-5-3-4-6-13(11)16(18)19/h3-7,10H,9H2,1-2H3/b12-7+.